The lowest BCUT2D eigenvalue weighted by Gasteiger charge is -2.16. The van der Waals surface area contributed by atoms with Crippen molar-refractivity contribution in [1.82, 2.24) is 19.2 Å². The summed E-state index contributed by atoms with van der Waals surface area (Å²) in [6, 6.07) is 10.6. The molecule has 0 radical (unpaired) electrons. The molecule has 8 nitrogen and oxygen atoms in total. The normalized spacial score (nSPS) is 11.1. The lowest BCUT2D eigenvalue weighted by molar-refractivity contribution is 0.324. The van der Waals surface area contributed by atoms with Crippen LogP contribution in [-0.4, -0.2) is 40.5 Å². The van der Waals surface area contributed by atoms with Gasteiger partial charge in [0.05, 0.1) is 43.8 Å². The molecule has 144 valence electrons. The molecule has 0 bridgehead atoms. The van der Waals surface area contributed by atoms with Crippen LogP contribution < -0.4 is 19.8 Å². The van der Waals surface area contributed by atoms with Crippen molar-refractivity contribution >= 4 is 28.3 Å². The van der Waals surface area contributed by atoms with Gasteiger partial charge in [0.15, 0.2) is 17.3 Å². The van der Waals surface area contributed by atoms with Crippen molar-refractivity contribution in [3.8, 4) is 22.9 Å². The minimum Gasteiger partial charge on any atom is -0.493 e. The van der Waals surface area contributed by atoms with Gasteiger partial charge in [-0.1, -0.05) is 12.1 Å². The molecular weight excluding hydrogens is 384 g/mol. The van der Waals surface area contributed by atoms with Crippen LogP contribution in [0.25, 0.3) is 22.4 Å². The zero-order chi connectivity index (χ0) is 19.8. The first-order valence-corrected chi connectivity index (χ1v) is 8.92. The maximum absolute atomic E-state index is 13.3. The van der Waals surface area contributed by atoms with Gasteiger partial charge in [-0.2, -0.15) is 0 Å². The van der Waals surface area contributed by atoms with E-state index >= 15 is 0 Å². The Balaban J connectivity index is 2.16. The van der Waals surface area contributed by atoms with Crippen molar-refractivity contribution in [2.75, 3.05) is 21.3 Å². The van der Waals surface area contributed by atoms with Crippen LogP contribution in [0.1, 0.15) is 5.82 Å². The number of methoxy groups -OCH3 is 3. The van der Waals surface area contributed by atoms with Gasteiger partial charge in [-0.15, -0.1) is 21.8 Å². The van der Waals surface area contributed by atoms with Crippen LogP contribution in [0.2, 0.25) is 0 Å². The molecule has 0 amide bonds. The summed E-state index contributed by atoms with van der Waals surface area (Å²) in [4.78, 5) is 13.3. The van der Waals surface area contributed by atoms with Crippen LogP contribution in [-0.2, 0) is 5.88 Å². The monoisotopic (exact) mass is 400 g/mol. The van der Waals surface area contributed by atoms with Crippen molar-refractivity contribution in [3.05, 3.63) is 52.6 Å². The van der Waals surface area contributed by atoms with Gasteiger partial charge in [0.2, 0.25) is 11.5 Å². The number of alkyl halides is 1. The molecule has 4 rings (SSSR count). The number of benzene rings is 2. The average Bonchev–Trinajstić information content (AvgIpc) is 3.17. The highest BCUT2D eigenvalue weighted by molar-refractivity contribution is 6.16. The molecule has 0 saturated heterocycles. The van der Waals surface area contributed by atoms with Gasteiger partial charge in [0, 0.05) is 12.1 Å². The lowest BCUT2D eigenvalue weighted by atomic mass is 10.2. The Kier molecular flexibility index (Phi) is 4.56. The van der Waals surface area contributed by atoms with Gasteiger partial charge in [-0.25, -0.2) is 4.57 Å². The molecule has 0 aliphatic carbocycles. The van der Waals surface area contributed by atoms with Crippen LogP contribution in [0, 0.1) is 0 Å². The number of ether oxygens (including phenoxy) is 3. The highest BCUT2D eigenvalue weighted by atomic mass is 35.5. The van der Waals surface area contributed by atoms with Gasteiger partial charge in [0.25, 0.3) is 5.56 Å². The third kappa shape index (κ3) is 2.56. The van der Waals surface area contributed by atoms with Gasteiger partial charge in [0.1, 0.15) is 0 Å². The molecule has 0 spiro atoms. The molecule has 2 heterocycles. The second-order valence-corrected chi connectivity index (χ2v) is 6.19. The van der Waals surface area contributed by atoms with Gasteiger partial charge >= 0.3 is 0 Å². The van der Waals surface area contributed by atoms with E-state index in [-0.39, 0.29) is 11.4 Å². The van der Waals surface area contributed by atoms with E-state index in [2.05, 4.69) is 10.2 Å². The minimum atomic E-state index is -0.245. The highest BCUT2D eigenvalue weighted by Gasteiger charge is 2.20. The molecule has 9 heteroatoms. The Morgan fingerprint density at radius 2 is 1.68 bits per heavy atom. The number of nitrogens with zero attached hydrogens (tertiary/aromatic N) is 4. The number of halogens is 1. The fourth-order valence-electron chi connectivity index (χ4n) is 3.28. The van der Waals surface area contributed by atoms with E-state index in [1.54, 1.807) is 28.7 Å². The van der Waals surface area contributed by atoms with Gasteiger partial charge in [-0.05, 0) is 12.1 Å². The topological polar surface area (TPSA) is 79.9 Å². The fraction of sp³-hybridized carbons (Fsp3) is 0.211. The molecule has 0 unspecified atom stereocenters. The average molecular weight is 401 g/mol. The molecule has 0 aliphatic heterocycles. The molecule has 28 heavy (non-hydrogen) atoms. The Labute approximate surface area is 164 Å². The van der Waals surface area contributed by atoms with Crippen molar-refractivity contribution < 1.29 is 14.2 Å². The molecule has 0 aliphatic rings. The van der Waals surface area contributed by atoms with E-state index in [1.165, 1.54) is 25.9 Å². The summed E-state index contributed by atoms with van der Waals surface area (Å²) in [6.45, 7) is 0. The first-order chi connectivity index (χ1) is 13.6. The van der Waals surface area contributed by atoms with Gasteiger partial charge in [-0.3, -0.25) is 9.20 Å². The summed E-state index contributed by atoms with van der Waals surface area (Å²) in [5, 5.41) is 8.86. The van der Waals surface area contributed by atoms with Crippen molar-refractivity contribution in [2.24, 2.45) is 0 Å². The van der Waals surface area contributed by atoms with Crippen LogP contribution >= 0.6 is 11.6 Å². The van der Waals surface area contributed by atoms with Crippen molar-refractivity contribution in [1.29, 1.82) is 0 Å². The number of para-hydroxylation sites is 1. The quantitative estimate of drug-likeness (QED) is 0.479. The standard InChI is InChI=1S/C19H17ClN4O4/c1-26-14-8-11(9-15(27-2)17(14)28-3)23-18(25)12-6-4-5-7-13(12)24-16(10-20)21-22-19(23)24/h4-9H,10H2,1-3H3. The first-order valence-electron chi connectivity index (χ1n) is 8.38. The third-order valence-electron chi connectivity index (χ3n) is 4.52. The molecule has 0 saturated carbocycles. The molecule has 0 fully saturated rings. The third-order valence-corrected chi connectivity index (χ3v) is 4.76. The second-order valence-electron chi connectivity index (χ2n) is 5.93. The molecule has 2 aromatic heterocycles. The van der Waals surface area contributed by atoms with E-state index in [0.717, 1.165) is 0 Å². The first kappa shape index (κ1) is 18.1. The predicted molar refractivity (Wildman–Crippen MR) is 105 cm³/mol. The molecule has 0 atom stereocenters. The maximum atomic E-state index is 13.3. The number of hydrogen-bond donors (Lipinski definition) is 0. The maximum Gasteiger partial charge on any atom is 0.267 e. The largest absolute Gasteiger partial charge is 0.493 e. The predicted octanol–water partition coefficient (Wildman–Crippen LogP) is 2.80. The zero-order valence-corrected chi connectivity index (χ0v) is 16.2. The highest BCUT2D eigenvalue weighted by Crippen LogP contribution is 2.39. The van der Waals surface area contributed by atoms with Crippen LogP contribution in [0.4, 0.5) is 0 Å². The van der Waals surface area contributed by atoms with E-state index in [9.17, 15) is 4.79 Å². The Morgan fingerprint density at radius 1 is 1.00 bits per heavy atom. The Bertz CT molecular complexity index is 1220. The fourth-order valence-corrected chi connectivity index (χ4v) is 3.45. The number of aromatic nitrogens is 4. The van der Waals surface area contributed by atoms with E-state index < -0.39 is 0 Å². The lowest BCUT2D eigenvalue weighted by Crippen LogP contribution is -2.22. The summed E-state index contributed by atoms with van der Waals surface area (Å²) in [7, 11) is 4.55. The van der Waals surface area contributed by atoms with Crippen LogP contribution in [0.15, 0.2) is 41.2 Å². The molecular formula is C19H17ClN4O4. The van der Waals surface area contributed by atoms with E-state index in [0.29, 0.717) is 45.4 Å². The molecule has 4 aromatic rings. The zero-order valence-electron chi connectivity index (χ0n) is 15.5. The van der Waals surface area contributed by atoms with Crippen molar-refractivity contribution in [3.63, 3.8) is 0 Å². The Morgan fingerprint density at radius 3 is 2.29 bits per heavy atom. The smallest absolute Gasteiger partial charge is 0.267 e. The number of hydrogen-bond acceptors (Lipinski definition) is 6. The van der Waals surface area contributed by atoms with E-state index in [1.807, 2.05) is 12.1 Å². The van der Waals surface area contributed by atoms with E-state index in [4.69, 9.17) is 25.8 Å². The van der Waals surface area contributed by atoms with Crippen LogP contribution in [0.5, 0.6) is 17.2 Å². The second kappa shape index (κ2) is 7.05. The summed E-state index contributed by atoms with van der Waals surface area (Å²) in [5.41, 5.74) is 0.946. The molecule has 0 N–H and O–H groups in total. The van der Waals surface area contributed by atoms with Gasteiger partial charge < -0.3 is 14.2 Å². The SMILES string of the molecule is COc1cc(-n2c(=O)c3ccccc3n3c(CCl)nnc23)cc(OC)c1OC. The summed E-state index contributed by atoms with van der Waals surface area (Å²) in [5.74, 6) is 2.31. The summed E-state index contributed by atoms with van der Waals surface area (Å²) < 4.78 is 19.4. The van der Waals surface area contributed by atoms with Crippen molar-refractivity contribution in [2.45, 2.75) is 5.88 Å². The number of rotatable bonds is 5. The minimum absolute atomic E-state index is 0.151. The number of fused-ring (bicyclic) bond motifs is 3. The Hall–Kier alpha value is -3.26. The molecule has 2 aromatic carbocycles. The summed E-state index contributed by atoms with van der Waals surface area (Å²) >= 11 is 6.05. The van der Waals surface area contributed by atoms with Crippen LogP contribution in [0.3, 0.4) is 0 Å². The summed E-state index contributed by atoms with van der Waals surface area (Å²) in [6.07, 6.45) is 0.